The molecular weight excluding hydrogens is 226 g/mol. The number of hydrogen-bond donors (Lipinski definition) is 1. The van der Waals surface area contributed by atoms with Gasteiger partial charge in [-0.2, -0.15) is 0 Å². The number of carbonyl (C=O) groups is 1. The van der Waals surface area contributed by atoms with Crippen LogP contribution in [-0.4, -0.2) is 16.0 Å². The molecule has 0 bridgehead atoms. The van der Waals surface area contributed by atoms with E-state index < -0.39 is 0 Å². The van der Waals surface area contributed by atoms with Crippen molar-refractivity contribution in [3.05, 3.63) is 36.3 Å². The van der Waals surface area contributed by atoms with E-state index in [9.17, 15) is 4.79 Å². The zero-order chi connectivity index (χ0) is 12.4. The average Bonchev–Trinajstić information content (AvgIpc) is 2.84. The number of imidazole rings is 1. The van der Waals surface area contributed by atoms with Crippen LogP contribution in [-0.2, 0) is 17.8 Å². The monoisotopic (exact) mass is 241 g/mol. The van der Waals surface area contributed by atoms with Gasteiger partial charge in [0, 0.05) is 30.4 Å². The molecular formula is C14H15N3O. The van der Waals surface area contributed by atoms with Crippen LogP contribution in [0.2, 0.25) is 0 Å². The molecule has 1 aliphatic heterocycles. The van der Waals surface area contributed by atoms with Gasteiger partial charge in [-0.25, -0.2) is 4.98 Å². The Morgan fingerprint density at radius 3 is 2.78 bits per heavy atom. The van der Waals surface area contributed by atoms with E-state index in [1.54, 1.807) is 0 Å². The predicted octanol–water partition coefficient (Wildman–Crippen LogP) is 2.45. The van der Waals surface area contributed by atoms with E-state index in [0.29, 0.717) is 6.41 Å². The Morgan fingerprint density at radius 2 is 2.06 bits per heavy atom. The maximum atomic E-state index is 10.3. The molecule has 1 amide bonds. The van der Waals surface area contributed by atoms with Crippen LogP contribution in [0.1, 0.15) is 18.7 Å². The molecule has 2 aromatic rings. The van der Waals surface area contributed by atoms with E-state index in [4.69, 9.17) is 0 Å². The van der Waals surface area contributed by atoms with Gasteiger partial charge in [0.25, 0.3) is 0 Å². The third-order valence-corrected chi connectivity index (χ3v) is 3.31. The number of fused-ring (bicyclic) bond motifs is 1. The highest BCUT2D eigenvalue weighted by Crippen LogP contribution is 2.23. The highest BCUT2D eigenvalue weighted by Gasteiger charge is 2.12. The summed E-state index contributed by atoms with van der Waals surface area (Å²) in [6.07, 6.45) is 6.36. The summed E-state index contributed by atoms with van der Waals surface area (Å²) in [5, 5.41) is 2.63. The summed E-state index contributed by atoms with van der Waals surface area (Å²) < 4.78 is 2.25. The van der Waals surface area contributed by atoms with Gasteiger partial charge in [0.15, 0.2) is 0 Å². The molecule has 0 unspecified atom stereocenters. The van der Waals surface area contributed by atoms with Gasteiger partial charge in [-0.1, -0.05) is 12.1 Å². The molecule has 1 aliphatic rings. The Morgan fingerprint density at radius 1 is 1.22 bits per heavy atom. The molecule has 18 heavy (non-hydrogen) atoms. The number of aryl methyl sites for hydroxylation is 2. The van der Waals surface area contributed by atoms with Crippen LogP contribution >= 0.6 is 0 Å². The average molecular weight is 241 g/mol. The van der Waals surface area contributed by atoms with Crippen LogP contribution in [0.4, 0.5) is 5.69 Å². The fourth-order valence-electron chi connectivity index (χ4n) is 2.36. The minimum Gasteiger partial charge on any atom is -0.334 e. The van der Waals surface area contributed by atoms with Crippen molar-refractivity contribution in [3.8, 4) is 11.3 Å². The van der Waals surface area contributed by atoms with Crippen molar-refractivity contribution in [1.29, 1.82) is 0 Å². The molecule has 0 saturated carbocycles. The molecule has 0 aliphatic carbocycles. The van der Waals surface area contributed by atoms with Crippen molar-refractivity contribution in [2.24, 2.45) is 0 Å². The highest BCUT2D eigenvalue weighted by atomic mass is 16.1. The zero-order valence-corrected chi connectivity index (χ0v) is 10.1. The molecule has 1 aromatic carbocycles. The molecule has 0 spiro atoms. The zero-order valence-electron chi connectivity index (χ0n) is 10.1. The van der Waals surface area contributed by atoms with Gasteiger partial charge >= 0.3 is 0 Å². The SMILES string of the molecule is O=CNc1ccc(-c2cn3c(n2)CCCC3)cc1. The topological polar surface area (TPSA) is 46.9 Å². The van der Waals surface area contributed by atoms with Gasteiger partial charge in [-0.05, 0) is 25.0 Å². The number of aromatic nitrogens is 2. The summed E-state index contributed by atoms with van der Waals surface area (Å²) >= 11 is 0. The summed E-state index contributed by atoms with van der Waals surface area (Å²) in [7, 11) is 0. The van der Waals surface area contributed by atoms with Gasteiger partial charge in [0.2, 0.25) is 6.41 Å². The number of rotatable bonds is 3. The lowest BCUT2D eigenvalue weighted by molar-refractivity contribution is -0.105. The fourth-order valence-corrected chi connectivity index (χ4v) is 2.36. The standard InChI is InChI=1S/C14H15N3O/c18-10-15-12-6-4-11(5-7-12)13-9-17-8-2-1-3-14(17)16-13/h4-7,9-10H,1-3,8H2,(H,15,18). The first kappa shape index (κ1) is 11.0. The number of anilines is 1. The first-order valence-electron chi connectivity index (χ1n) is 6.23. The molecule has 4 nitrogen and oxygen atoms in total. The van der Waals surface area contributed by atoms with Crippen LogP contribution in [0.15, 0.2) is 30.5 Å². The number of hydrogen-bond acceptors (Lipinski definition) is 2. The number of amides is 1. The Kier molecular flexibility index (Phi) is 2.84. The Bertz CT molecular complexity index is 533. The first-order chi connectivity index (χ1) is 8.86. The van der Waals surface area contributed by atoms with E-state index in [-0.39, 0.29) is 0 Å². The number of carbonyl (C=O) groups excluding carboxylic acids is 1. The molecule has 4 heteroatoms. The second kappa shape index (κ2) is 4.64. The lowest BCUT2D eigenvalue weighted by atomic mass is 10.1. The Labute approximate surface area is 106 Å². The van der Waals surface area contributed by atoms with Gasteiger partial charge < -0.3 is 9.88 Å². The van der Waals surface area contributed by atoms with E-state index in [0.717, 1.165) is 29.9 Å². The van der Waals surface area contributed by atoms with Gasteiger partial charge in [-0.15, -0.1) is 0 Å². The van der Waals surface area contributed by atoms with Gasteiger partial charge in [-0.3, -0.25) is 4.79 Å². The second-order valence-corrected chi connectivity index (χ2v) is 4.53. The van der Waals surface area contributed by atoms with Crippen LogP contribution < -0.4 is 5.32 Å². The summed E-state index contributed by atoms with van der Waals surface area (Å²) in [5.74, 6) is 1.19. The highest BCUT2D eigenvalue weighted by molar-refractivity contribution is 5.73. The van der Waals surface area contributed by atoms with Crippen molar-refractivity contribution in [2.45, 2.75) is 25.8 Å². The number of nitrogens with zero attached hydrogens (tertiary/aromatic N) is 2. The fraction of sp³-hybridized carbons (Fsp3) is 0.286. The van der Waals surface area contributed by atoms with Crippen molar-refractivity contribution < 1.29 is 4.79 Å². The lowest BCUT2D eigenvalue weighted by Crippen LogP contribution is -2.08. The van der Waals surface area contributed by atoms with Crippen molar-refractivity contribution in [3.63, 3.8) is 0 Å². The maximum Gasteiger partial charge on any atom is 0.211 e. The van der Waals surface area contributed by atoms with Crippen LogP contribution in [0, 0.1) is 0 Å². The molecule has 0 saturated heterocycles. The Balaban J connectivity index is 1.89. The molecule has 0 radical (unpaired) electrons. The summed E-state index contributed by atoms with van der Waals surface area (Å²) in [6.45, 7) is 1.08. The van der Waals surface area contributed by atoms with Crippen LogP contribution in [0.25, 0.3) is 11.3 Å². The second-order valence-electron chi connectivity index (χ2n) is 4.53. The van der Waals surface area contributed by atoms with E-state index >= 15 is 0 Å². The van der Waals surface area contributed by atoms with E-state index in [1.165, 1.54) is 18.7 Å². The molecule has 0 fully saturated rings. The molecule has 0 atom stereocenters. The minimum atomic E-state index is 0.685. The molecule has 1 aromatic heterocycles. The largest absolute Gasteiger partial charge is 0.334 e. The third kappa shape index (κ3) is 2.01. The van der Waals surface area contributed by atoms with E-state index in [1.807, 2.05) is 24.3 Å². The van der Waals surface area contributed by atoms with Gasteiger partial charge in [0.1, 0.15) is 5.82 Å². The molecule has 1 N–H and O–H groups in total. The normalized spacial score (nSPS) is 14.0. The summed E-state index contributed by atoms with van der Waals surface area (Å²) in [4.78, 5) is 15.0. The third-order valence-electron chi connectivity index (χ3n) is 3.31. The molecule has 92 valence electrons. The van der Waals surface area contributed by atoms with Crippen LogP contribution in [0.5, 0.6) is 0 Å². The summed E-state index contributed by atoms with van der Waals surface area (Å²) in [5.41, 5.74) is 2.91. The predicted molar refractivity (Wildman–Crippen MR) is 70.3 cm³/mol. The smallest absolute Gasteiger partial charge is 0.211 e. The first-order valence-corrected chi connectivity index (χ1v) is 6.23. The molecule has 3 rings (SSSR count). The van der Waals surface area contributed by atoms with Crippen molar-refractivity contribution in [1.82, 2.24) is 9.55 Å². The van der Waals surface area contributed by atoms with Gasteiger partial charge in [0.05, 0.1) is 5.69 Å². The number of nitrogens with one attached hydrogen (secondary N) is 1. The van der Waals surface area contributed by atoms with Crippen LogP contribution in [0.3, 0.4) is 0 Å². The molecule has 2 heterocycles. The van der Waals surface area contributed by atoms with Crippen molar-refractivity contribution in [2.75, 3.05) is 5.32 Å². The maximum absolute atomic E-state index is 10.3. The minimum absolute atomic E-state index is 0.685. The summed E-state index contributed by atoms with van der Waals surface area (Å²) in [6, 6.07) is 7.75. The van der Waals surface area contributed by atoms with Crippen molar-refractivity contribution >= 4 is 12.1 Å². The Hall–Kier alpha value is -2.10. The quantitative estimate of drug-likeness (QED) is 0.839. The lowest BCUT2D eigenvalue weighted by Gasteiger charge is -2.11. The van der Waals surface area contributed by atoms with E-state index in [2.05, 4.69) is 21.1 Å². The number of benzene rings is 1.